The SMILES string of the molecule is C=c1[nH]n(-c2ccc(F)cc2)c(=O)c1=CNc1ccc(Cl)c(C(=O)OC)c1. The Kier molecular flexibility index (Phi) is 5.14. The molecule has 0 fully saturated rings. The average Bonchev–Trinajstić information content (AvgIpc) is 2.95. The third-order valence-electron chi connectivity index (χ3n) is 3.85. The maximum absolute atomic E-state index is 13.1. The van der Waals surface area contributed by atoms with Gasteiger partial charge in [-0.25, -0.2) is 13.9 Å². The number of aromatic nitrogens is 2. The Hall–Kier alpha value is -3.32. The van der Waals surface area contributed by atoms with Crippen LogP contribution in [0.3, 0.4) is 0 Å². The van der Waals surface area contributed by atoms with Crippen LogP contribution in [0.5, 0.6) is 0 Å². The van der Waals surface area contributed by atoms with Gasteiger partial charge in [-0.3, -0.25) is 9.89 Å². The van der Waals surface area contributed by atoms with Crippen LogP contribution in [0.4, 0.5) is 10.1 Å². The van der Waals surface area contributed by atoms with E-state index >= 15 is 0 Å². The van der Waals surface area contributed by atoms with E-state index in [-0.39, 0.29) is 21.4 Å². The normalized spacial score (nSPS) is 11.4. The number of ether oxygens (including phenoxy) is 1. The predicted molar refractivity (Wildman–Crippen MR) is 102 cm³/mol. The quantitative estimate of drug-likeness (QED) is 0.671. The second-order valence-electron chi connectivity index (χ2n) is 5.60. The van der Waals surface area contributed by atoms with Crippen molar-refractivity contribution in [3.63, 3.8) is 0 Å². The van der Waals surface area contributed by atoms with Gasteiger partial charge in [-0.15, -0.1) is 0 Å². The molecular weight excluding hydrogens is 373 g/mol. The fraction of sp³-hybridized carbons (Fsp3) is 0.0526. The monoisotopic (exact) mass is 387 g/mol. The van der Waals surface area contributed by atoms with Crippen LogP contribution < -0.4 is 21.4 Å². The lowest BCUT2D eigenvalue weighted by Gasteiger charge is -2.05. The lowest BCUT2D eigenvalue weighted by Crippen LogP contribution is -2.34. The number of hydrogen-bond donors (Lipinski definition) is 2. The number of esters is 1. The Labute approximate surface area is 158 Å². The zero-order valence-corrected chi connectivity index (χ0v) is 15.0. The first kappa shape index (κ1) is 18.5. The van der Waals surface area contributed by atoms with Crippen LogP contribution >= 0.6 is 11.6 Å². The standard InChI is InChI=1S/C19H15ClFN3O3/c1-11-16(18(25)24(23-11)14-6-3-12(21)4-7-14)10-22-13-5-8-17(20)15(9-13)19(26)27-2/h3-10,22-23H,1H2,2H3. The van der Waals surface area contributed by atoms with Crippen molar-refractivity contribution in [2.24, 2.45) is 0 Å². The topological polar surface area (TPSA) is 76.1 Å². The number of anilines is 1. The third-order valence-corrected chi connectivity index (χ3v) is 4.17. The largest absolute Gasteiger partial charge is 0.465 e. The molecule has 0 radical (unpaired) electrons. The molecule has 3 aromatic rings. The lowest BCUT2D eigenvalue weighted by atomic mass is 10.2. The number of carbonyl (C=O) groups excluding carboxylic acids is 1. The Morgan fingerprint density at radius 1 is 1.30 bits per heavy atom. The minimum absolute atomic E-state index is 0.199. The smallest absolute Gasteiger partial charge is 0.339 e. The van der Waals surface area contributed by atoms with Gasteiger partial charge in [0.25, 0.3) is 5.56 Å². The van der Waals surface area contributed by atoms with Gasteiger partial charge in [-0.2, -0.15) is 0 Å². The van der Waals surface area contributed by atoms with Crippen LogP contribution in [0.2, 0.25) is 5.02 Å². The van der Waals surface area contributed by atoms with Crippen molar-refractivity contribution >= 4 is 36.0 Å². The highest BCUT2D eigenvalue weighted by molar-refractivity contribution is 6.33. The van der Waals surface area contributed by atoms with Crippen molar-refractivity contribution in [1.82, 2.24) is 9.78 Å². The molecule has 0 bridgehead atoms. The summed E-state index contributed by atoms with van der Waals surface area (Å²) >= 11 is 5.99. The van der Waals surface area contributed by atoms with Gasteiger partial charge in [0, 0.05) is 11.9 Å². The van der Waals surface area contributed by atoms with E-state index in [1.807, 2.05) is 0 Å². The number of benzene rings is 2. The van der Waals surface area contributed by atoms with E-state index in [2.05, 4.69) is 21.7 Å². The molecular formula is C19H15ClFN3O3. The summed E-state index contributed by atoms with van der Waals surface area (Å²) in [6.07, 6.45) is 1.46. The van der Waals surface area contributed by atoms with Gasteiger partial charge in [-0.1, -0.05) is 18.2 Å². The summed E-state index contributed by atoms with van der Waals surface area (Å²) in [5.41, 5.74) is 0.852. The molecule has 6 nitrogen and oxygen atoms in total. The van der Waals surface area contributed by atoms with Gasteiger partial charge in [0.2, 0.25) is 0 Å². The first-order valence-corrected chi connectivity index (χ1v) is 8.19. The molecule has 1 heterocycles. The predicted octanol–water partition coefficient (Wildman–Crippen LogP) is 2.01. The van der Waals surface area contributed by atoms with Crippen molar-refractivity contribution in [2.75, 3.05) is 12.4 Å². The van der Waals surface area contributed by atoms with Gasteiger partial charge in [0.15, 0.2) is 0 Å². The van der Waals surface area contributed by atoms with E-state index in [9.17, 15) is 14.0 Å². The van der Waals surface area contributed by atoms with Crippen molar-refractivity contribution in [3.05, 3.63) is 79.8 Å². The van der Waals surface area contributed by atoms with Gasteiger partial charge >= 0.3 is 5.97 Å². The molecule has 1 aromatic heterocycles. The summed E-state index contributed by atoms with van der Waals surface area (Å²) in [5.74, 6) is -0.965. The zero-order chi connectivity index (χ0) is 19.6. The van der Waals surface area contributed by atoms with E-state index in [0.717, 1.165) is 0 Å². The molecule has 27 heavy (non-hydrogen) atoms. The highest BCUT2D eigenvalue weighted by Crippen LogP contribution is 2.21. The average molecular weight is 388 g/mol. The molecule has 0 amide bonds. The number of hydrogen-bond acceptors (Lipinski definition) is 4. The summed E-state index contributed by atoms with van der Waals surface area (Å²) in [4.78, 5) is 24.3. The second kappa shape index (κ2) is 7.51. The van der Waals surface area contributed by atoms with Crippen LogP contribution in [0, 0.1) is 5.82 Å². The fourth-order valence-corrected chi connectivity index (χ4v) is 2.65. The molecule has 2 N–H and O–H groups in total. The molecule has 0 unspecified atom stereocenters. The number of carbonyl (C=O) groups is 1. The molecule has 3 rings (SSSR count). The molecule has 0 aliphatic carbocycles. The molecule has 0 aliphatic heterocycles. The summed E-state index contributed by atoms with van der Waals surface area (Å²) in [6.45, 7) is 3.81. The zero-order valence-electron chi connectivity index (χ0n) is 14.3. The molecule has 0 saturated carbocycles. The van der Waals surface area contributed by atoms with E-state index < -0.39 is 11.8 Å². The number of halogens is 2. The number of rotatable bonds is 4. The van der Waals surface area contributed by atoms with Crippen molar-refractivity contribution in [3.8, 4) is 5.69 Å². The first-order valence-electron chi connectivity index (χ1n) is 7.81. The Morgan fingerprint density at radius 3 is 2.67 bits per heavy atom. The van der Waals surface area contributed by atoms with Crippen LogP contribution in [0.1, 0.15) is 10.4 Å². The van der Waals surface area contributed by atoms with Crippen LogP contribution in [-0.4, -0.2) is 22.9 Å². The number of nitrogens with zero attached hydrogens (tertiary/aromatic N) is 1. The molecule has 0 atom stereocenters. The van der Waals surface area contributed by atoms with Crippen LogP contribution in [0.25, 0.3) is 18.5 Å². The highest BCUT2D eigenvalue weighted by Gasteiger charge is 2.11. The maximum Gasteiger partial charge on any atom is 0.339 e. The first-order chi connectivity index (χ1) is 12.9. The van der Waals surface area contributed by atoms with Gasteiger partial charge < -0.3 is 10.1 Å². The Morgan fingerprint density at radius 2 is 2.00 bits per heavy atom. The van der Waals surface area contributed by atoms with E-state index in [1.165, 1.54) is 48.3 Å². The van der Waals surface area contributed by atoms with Crippen LogP contribution in [0.15, 0.2) is 47.3 Å². The molecule has 0 saturated heterocycles. The van der Waals surface area contributed by atoms with Crippen molar-refractivity contribution in [2.45, 2.75) is 0 Å². The van der Waals surface area contributed by atoms with E-state index in [0.29, 0.717) is 16.7 Å². The molecule has 138 valence electrons. The third kappa shape index (κ3) is 3.78. The fourth-order valence-electron chi connectivity index (χ4n) is 2.45. The summed E-state index contributed by atoms with van der Waals surface area (Å²) in [6, 6.07) is 10.2. The molecule has 0 spiro atoms. The maximum atomic E-state index is 13.1. The van der Waals surface area contributed by atoms with Crippen LogP contribution in [-0.2, 0) is 4.74 Å². The number of aromatic amines is 1. The number of methoxy groups -OCH3 is 1. The van der Waals surface area contributed by atoms with Gasteiger partial charge in [0.05, 0.1) is 34.0 Å². The summed E-state index contributed by atoms with van der Waals surface area (Å²) in [5, 5.41) is 6.69. The number of nitrogens with one attached hydrogen (secondary N) is 2. The second-order valence-corrected chi connectivity index (χ2v) is 6.00. The van der Waals surface area contributed by atoms with Gasteiger partial charge in [-0.05, 0) is 42.5 Å². The van der Waals surface area contributed by atoms with Crippen molar-refractivity contribution in [1.29, 1.82) is 0 Å². The summed E-state index contributed by atoms with van der Waals surface area (Å²) in [7, 11) is 1.26. The van der Waals surface area contributed by atoms with E-state index in [4.69, 9.17) is 11.6 Å². The Balaban J connectivity index is 1.97. The highest BCUT2D eigenvalue weighted by atomic mass is 35.5. The van der Waals surface area contributed by atoms with Crippen molar-refractivity contribution < 1.29 is 13.9 Å². The van der Waals surface area contributed by atoms with E-state index in [1.54, 1.807) is 12.1 Å². The minimum Gasteiger partial charge on any atom is -0.465 e. The minimum atomic E-state index is -0.568. The summed E-state index contributed by atoms with van der Waals surface area (Å²) < 4.78 is 19.0. The molecule has 2 aromatic carbocycles. The lowest BCUT2D eigenvalue weighted by molar-refractivity contribution is 0.0601. The molecule has 8 heteroatoms. The number of H-pyrrole nitrogens is 1. The van der Waals surface area contributed by atoms with Gasteiger partial charge in [0.1, 0.15) is 5.82 Å². The molecule has 0 aliphatic rings. The Bertz CT molecular complexity index is 1170.